The van der Waals surface area contributed by atoms with E-state index >= 15 is 0 Å². The van der Waals surface area contributed by atoms with E-state index in [-0.39, 0.29) is 12.1 Å². The van der Waals surface area contributed by atoms with Gasteiger partial charge in [0.05, 0.1) is 12.7 Å². The molecule has 2 N–H and O–H groups in total. The molecule has 0 aromatic carbocycles. The van der Waals surface area contributed by atoms with Gasteiger partial charge in [-0.3, -0.25) is 0 Å². The Bertz CT molecular complexity index is 357. The minimum absolute atomic E-state index is 0.157. The Morgan fingerprint density at radius 1 is 1.33 bits per heavy atom. The fraction of sp³-hybridized carbons (Fsp3) is 1.00. The molecule has 0 spiro atoms. The van der Waals surface area contributed by atoms with Crippen LogP contribution in [0.5, 0.6) is 0 Å². The third kappa shape index (κ3) is 3.02. The predicted molar refractivity (Wildman–Crippen MR) is 87.4 cm³/mol. The van der Waals surface area contributed by atoms with Gasteiger partial charge in [-0.2, -0.15) is 0 Å². The molecule has 0 radical (unpaired) electrons. The monoisotopic (exact) mass is 297 g/mol. The quantitative estimate of drug-likeness (QED) is 0.675. The molecule has 2 rings (SSSR count). The maximum Gasteiger partial charge on any atom is 0.0636 e. The van der Waals surface area contributed by atoms with Gasteiger partial charge in [-0.15, -0.1) is 0 Å². The summed E-state index contributed by atoms with van der Waals surface area (Å²) in [5.74, 6) is 0.844. The zero-order valence-corrected chi connectivity index (χ0v) is 14.7. The number of rotatable bonds is 8. The summed E-state index contributed by atoms with van der Waals surface area (Å²) in [7, 11) is 0. The van der Waals surface area contributed by atoms with E-state index < -0.39 is 0 Å². The molecule has 2 saturated carbocycles. The lowest BCUT2D eigenvalue weighted by molar-refractivity contribution is -0.0491. The van der Waals surface area contributed by atoms with Crippen LogP contribution in [0.2, 0.25) is 0 Å². The van der Waals surface area contributed by atoms with E-state index in [9.17, 15) is 5.11 Å². The van der Waals surface area contributed by atoms with Gasteiger partial charge in [-0.1, -0.05) is 27.7 Å². The lowest BCUT2D eigenvalue weighted by Crippen LogP contribution is -2.45. The van der Waals surface area contributed by atoms with Crippen molar-refractivity contribution in [3.63, 3.8) is 0 Å². The highest BCUT2D eigenvalue weighted by atomic mass is 16.5. The van der Waals surface area contributed by atoms with E-state index in [2.05, 4.69) is 39.9 Å². The highest BCUT2D eigenvalue weighted by molar-refractivity contribution is 5.11. The van der Waals surface area contributed by atoms with Crippen LogP contribution in [0, 0.1) is 16.7 Å². The number of ether oxygens (including phenoxy) is 1. The molecular formula is C18H35NO2. The van der Waals surface area contributed by atoms with Gasteiger partial charge < -0.3 is 15.2 Å². The van der Waals surface area contributed by atoms with Crippen molar-refractivity contribution in [2.45, 2.75) is 78.4 Å². The standard InChI is InChI=1S/C18H35NO2/c1-6-19-17(4,13-20)9-7-11-21-15-12-14-8-10-18(15,5)16(14,2)3/h14-15,19-20H,6-13H2,1-5H3. The Morgan fingerprint density at radius 3 is 2.52 bits per heavy atom. The molecule has 0 heterocycles. The number of aliphatic hydroxyl groups excluding tert-OH is 1. The topological polar surface area (TPSA) is 41.5 Å². The summed E-state index contributed by atoms with van der Waals surface area (Å²) in [5.41, 5.74) is 0.636. The van der Waals surface area contributed by atoms with Gasteiger partial charge in [0, 0.05) is 12.1 Å². The van der Waals surface area contributed by atoms with Crippen LogP contribution in [0.25, 0.3) is 0 Å². The van der Waals surface area contributed by atoms with Crippen LogP contribution >= 0.6 is 0 Å². The molecule has 2 aliphatic carbocycles. The molecule has 4 atom stereocenters. The molecule has 2 aliphatic rings. The SMILES string of the molecule is CCNC(C)(CO)CCCOC1CC2CCC1(C)C2(C)C. The summed E-state index contributed by atoms with van der Waals surface area (Å²) in [4.78, 5) is 0. The third-order valence-corrected chi connectivity index (χ3v) is 6.86. The predicted octanol–water partition coefficient (Wildman–Crippen LogP) is 3.36. The molecule has 124 valence electrons. The largest absolute Gasteiger partial charge is 0.394 e. The van der Waals surface area contributed by atoms with Crippen molar-refractivity contribution in [1.82, 2.24) is 5.32 Å². The molecule has 21 heavy (non-hydrogen) atoms. The van der Waals surface area contributed by atoms with Gasteiger partial charge in [-0.05, 0) is 62.3 Å². The Morgan fingerprint density at radius 2 is 2.05 bits per heavy atom. The first-order valence-electron chi connectivity index (χ1n) is 8.76. The van der Waals surface area contributed by atoms with Crippen LogP contribution in [-0.4, -0.2) is 36.5 Å². The fourth-order valence-corrected chi connectivity index (χ4v) is 4.72. The second kappa shape index (κ2) is 6.17. The van der Waals surface area contributed by atoms with Crippen molar-refractivity contribution in [1.29, 1.82) is 0 Å². The first kappa shape index (κ1) is 17.2. The van der Waals surface area contributed by atoms with Crippen molar-refractivity contribution >= 4 is 0 Å². The maximum absolute atomic E-state index is 9.52. The van der Waals surface area contributed by atoms with Gasteiger partial charge in [0.25, 0.3) is 0 Å². The average Bonchev–Trinajstić information content (AvgIpc) is 2.77. The Hall–Kier alpha value is -0.120. The molecule has 0 aromatic rings. The lowest BCUT2D eigenvalue weighted by atomic mass is 9.70. The number of fused-ring (bicyclic) bond motifs is 2. The minimum Gasteiger partial charge on any atom is -0.394 e. The van der Waals surface area contributed by atoms with Crippen molar-refractivity contribution in [2.24, 2.45) is 16.7 Å². The second-order valence-corrected chi connectivity index (χ2v) is 8.32. The summed E-state index contributed by atoms with van der Waals surface area (Å²) >= 11 is 0. The highest BCUT2D eigenvalue weighted by Gasteiger charge is 2.61. The van der Waals surface area contributed by atoms with E-state index in [4.69, 9.17) is 4.74 Å². The molecule has 0 saturated heterocycles. The van der Waals surface area contributed by atoms with E-state index in [0.29, 0.717) is 16.9 Å². The summed E-state index contributed by atoms with van der Waals surface area (Å²) in [6, 6.07) is 0. The van der Waals surface area contributed by atoms with E-state index in [1.807, 2.05) is 0 Å². The zero-order chi connectivity index (χ0) is 15.7. The molecule has 0 amide bonds. The summed E-state index contributed by atoms with van der Waals surface area (Å²) in [6.07, 6.45) is 6.36. The first-order valence-corrected chi connectivity index (χ1v) is 8.76. The van der Waals surface area contributed by atoms with Gasteiger partial charge in [0.1, 0.15) is 0 Å². The molecule has 3 heteroatoms. The summed E-state index contributed by atoms with van der Waals surface area (Å²) in [5, 5.41) is 12.9. The van der Waals surface area contributed by atoms with Crippen molar-refractivity contribution in [3.05, 3.63) is 0 Å². The smallest absolute Gasteiger partial charge is 0.0636 e. The van der Waals surface area contributed by atoms with Gasteiger partial charge >= 0.3 is 0 Å². The average molecular weight is 297 g/mol. The molecule has 3 nitrogen and oxygen atoms in total. The molecular weight excluding hydrogens is 262 g/mol. The highest BCUT2D eigenvalue weighted by Crippen LogP contribution is 2.66. The molecule has 2 bridgehead atoms. The van der Waals surface area contributed by atoms with Crippen LogP contribution in [0.3, 0.4) is 0 Å². The molecule has 4 unspecified atom stereocenters. The summed E-state index contributed by atoms with van der Waals surface area (Å²) in [6.45, 7) is 13.4. The first-order chi connectivity index (χ1) is 9.79. The molecule has 0 aromatic heterocycles. The number of hydrogen-bond acceptors (Lipinski definition) is 3. The van der Waals surface area contributed by atoms with Crippen molar-refractivity contribution in [3.8, 4) is 0 Å². The second-order valence-electron chi connectivity index (χ2n) is 8.32. The van der Waals surface area contributed by atoms with E-state index in [1.165, 1.54) is 19.3 Å². The Balaban J connectivity index is 1.78. The number of aliphatic hydroxyl groups is 1. The van der Waals surface area contributed by atoms with E-state index in [0.717, 1.165) is 31.9 Å². The normalized spacial score (nSPS) is 36.9. The Labute approximate surface area is 130 Å². The van der Waals surface area contributed by atoms with Gasteiger partial charge in [0.15, 0.2) is 0 Å². The van der Waals surface area contributed by atoms with E-state index in [1.54, 1.807) is 0 Å². The van der Waals surface area contributed by atoms with Crippen LogP contribution < -0.4 is 5.32 Å². The lowest BCUT2D eigenvalue weighted by Gasteiger charge is -2.39. The maximum atomic E-state index is 9.52. The van der Waals surface area contributed by atoms with Crippen LogP contribution in [-0.2, 0) is 4.74 Å². The van der Waals surface area contributed by atoms with Crippen molar-refractivity contribution in [2.75, 3.05) is 19.8 Å². The Kier molecular flexibility index (Phi) is 5.07. The minimum atomic E-state index is -0.157. The number of hydrogen-bond donors (Lipinski definition) is 2. The zero-order valence-electron chi connectivity index (χ0n) is 14.7. The number of likely N-dealkylation sites (N-methyl/N-ethyl adjacent to an activating group) is 1. The summed E-state index contributed by atoms with van der Waals surface area (Å²) < 4.78 is 6.28. The third-order valence-electron chi connectivity index (χ3n) is 6.86. The van der Waals surface area contributed by atoms with Gasteiger partial charge in [0.2, 0.25) is 0 Å². The van der Waals surface area contributed by atoms with Crippen LogP contribution in [0.4, 0.5) is 0 Å². The fourth-order valence-electron chi connectivity index (χ4n) is 4.72. The number of nitrogens with one attached hydrogen (secondary N) is 1. The molecule has 2 fully saturated rings. The van der Waals surface area contributed by atoms with Gasteiger partial charge in [-0.25, -0.2) is 0 Å². The van der Waals surface area contributed by atoms with Crippen molar-refractivity contribution < 1.29 is 9.84 Å². The van der Waals surface area contributed by atoms with Crippen LogP contribution in [0.15, 0.2) is 0 Å². The molecule has 0 aliphatic heterocycles. The van der Waals surface area contributed by atoms with Crippen LogP contribution in [0.1, 0.15) is 66.7 Å².